The molecule has 0 saturated carbocycles. The third kappa shape index (κ3) is 2.31. The minimum Gasteiger partial charge on any atom is -0.392 e. The highest BCUT2D eigenvalue weighted by Crippen LogP contribution is 2.24. The fourth-order valence-electron chi connectivity index (χ4n) is 1.47. The van der Waals surface area contributed by atoms with Crippen LogP contribution in [0.25, 0.3) is 0 Å². The third-order valence-electron chi connectivity index (χ3n) is 2.32. The van der Waals surface area contributed by atoms with Crippen LogP contribution in [0.4, 0.5) is 5.69 Å². The number of aryl methyl sites for hydroxylation is 1. The fraction of sp³-hybridized carbons (Fsp3) is 0.400. The molecule has 1 aromatic carbocycles. The summed E-state index contributed by atoms with van der Waals surface area (Å²) in [6.07, 6.45) is 0.523. The van der Waals surface area contributed by atoms with E-state index in [0.717, 1.165) is 0 Å². The van der Waals surface area contributed by atoms with Crippen molar-refractivity contribution in [1.82, 2.24) is 0 Å². The number of hydrogen-bond acceptors (Lipinski definition) is 4. The van der Waals surface area contributed by atoms with E-state index in [0.29, 0.717) is 23.1 Å². The maximum absolute atomic E-state index is 10.7. The predicted octanol–water partition coefficient (Wildman–Crippen LogP) is 1.14. The summed E-state index contributed by atoms with van der Waals surface area (Å²) in [7, 11) is 0. The van der Waals surface area contributed by atoms with Crippen LogP contribution in [-0.4, -0.2) is 15.1 Å². The highest BCUT2D eigenvalue weighted by molar-refractivity contribution is 5.47. The number of nitro benzene ring substituents is 1. The van der Waals surface area contributed by atoms with Crippen molar-refractivity contribution in [2.45, 2.75) is 26.6 Å². The summed E-state index contributed by atoms with van der Waals surface area (Å²) in [4.78, 5) is 10.2. The van der Waals surface area contributed by atoms with Gasteiger partial charge in [-0.05, 0) is 23.6 Å². The number of aliphatic hydroxyl groups is 2. The number of rotatable bonds is 4. The molecule has 82 valence electrons. The molecule has 15 heavy (non-hydrogen) atoms. The molecule has 1 aromatic rings. The van der Waals surface area contributed by atoms with Crippen LogP contribution < -0.4 is 0 Å². The average Bonchev–Trinajstić information content (AvgIpc) is 2.26. The van der Waals surface area contributed by atoms with Gasteiger partial charge >= 0.3 is 0 Å². The Bertz CT molecular complexity index is 376. The average molecular weight is 211 g/mol. The van der Waals surface area contributed by atoms with Gasteiger partial charge in [-0.2, -0.15) is 0 Å². The molecule has 2 N–H and O–H groups in total. The van der Waals surface area contributed by atoms with E-state index in [-0.39, 0.29) is 18.9 Å². The van der Waals surface area contributed by atoms with Crippen LogP contribution >= 0.6 is 0 Å². The molecule has 0 amide bonds. The second-order valence-electron chi connectivity index (χ2n) is 3.18. The smallest absolute Gasteiger partial charge is 0.272 e. The van der Waals surface area contributed by atoms with Crippen molar-refractivity contribution in [3.05, 3.63) is 38.9 Å². The molecule has 0 aliphatic rings. The standard InChI is InChI=1S/C10H13NO4/c1-2-7-3-8(5-12)9(6-13)4-10(7)11(14)15/h3-4,12-13H,2,5-6H2,1H3. The molecule has 0 fully saturated rings. The number of nitro groups is 1. The largest absolute Gasteiger partial charge is 0.392 e. The van der Waals surface area contributed by atoms with Crippen molar-refractivity contribution in [3.8, 4) is 0 Å². The first-order valence-corrected chi connectivity index (χ1v) is 4.64. The normalized spacial score (nSPS) is 10.3. The molecule has 0 bridgehead atoms. The topological polar surface area (TPSA) is 83.6 Å². The summed E-state index contributed by atoms with van der Waals surface area (Å²) in [6, 6.07) is 2.90. The summed E-state index contributed by atoms with van der Waals surface area (Å²) in [5, 5.41) is 28.7. The summed E-state index contributed by atoms with van der Waals surface area (Å²) in [6.45, 7) is 1.28. The van der Waals surface area contributed by atoms with Gasteiger partial charge in [0.25, 0.3) is 5.69 Å². The lowest BCUT2D eigenvalue weighted by molar-refractivity contribution is -0.385. The molecule has 0 aliphatic carbocycles. The van der Waals surface area contributed by atoms with Crippen molar-refractivity contribution in [2.24, 2.45) is 0 Å². The number of hydrogen-bond donors (Lipinski definition) is 2. The van der Waals surface area contributed by atoms with E-state index in [2.05, 4.69) is 0 Å². The van der Waals surface area contributed by atoms with Crippen molar-refractivity contribution < 1.29 is 15.1 Å². The lowest BCUT2D eigenvalue weighted by Crippen LogP contribution is -2.01. The zero-order valence-electron chi connectivity index (χ0n) is 8.43. The van der Waals surface area contributed by atoms with Crippen LogP contribution in [0.3, 0.4) is 0 Å². The SMILES string of the molecule is CCc1cc(CO)c(CO)cc1[N+](=O)[O-]. The van der Waals surface area contributed by atoms with Crippen molar-refractivity contribution in [2.75, 3.05) is 0 Å². The molecule has 0 saturated heterocycles. The Morgan fingerprint density at radius 1 is 1.20 bits per heavy atom. The highest BCUT2D eigenvalue weighted by Gasteiger charge is 2.15. The van der Waals surface area contributed by atoms with Crippen LogP contribution in [0.15, 0.2) is 12.1 Å². The monoisotopic (exact) mass is 211 g/mol. The summed E-state index contributed by atoms with van der Waals surface area (Å²) in [5.74, 6) is 0. The Balaban J connectivity index is 3.34. The van der Waals surface area contributed by atoms with E-state index in [1.54, 1.807) is 6.07 Å². The van der Waals surface area contributed by atoms with Gasteiger partial charge in [0.15, 0.2) is 0 Å². The molecule has 5 nitrogen and oxygen atoms in total. The van der Waals surface area contributed by atoms with E-state index < -0.39 is 4.92 Å². The van der Waals surface area contributed by atoms with Gasteiger partial charge in [-0.1, -0.05) is 6.92 Å². The molecule has 5 heteroatoms. The molecule has 0 atom stereocenters. The van der Waals surface area contributed by atoms with Gasteiger partial charge in [-0.25, -0.2) is 0 Å². The Labute approximate surface area is 87.1 Å². The first-order valence-electron chi connectivity index (χ1n) is 4.64. The van der Waals surface area contributed by atoms with Gasteiger partial charge in [-0.15, -0.1) is 0 Å². The Morgan fingerprint density at radius 2 is 1.73 bits per heavy atom. The summed E-state index contributed by atoms with van der Waals surface area (Å²) < 4.78 is 0. The molecule has 0 spiro atoms. The van der Waals surface area contributed by atoms with E-state index >= 15 is 0 Å². The molecule has 0 heterocycles. The van der Waals surface area contributed by atoms with Crippen LogP contribution in [0.5, 0.6) is 0 Å². The molecular formula is C10H13NO4. The van der Waals surface area contributed by atoms with Crippen LogP contribution in [0.2, 0.25) is 0 Å². The fourth-order valence-corrected chi connectivity index (χ4v) is 1.47. The lowest BCUT2D eigenvalue weighted by atomic mass is 10.0. The molecule has 0 unspecified atom stereocenters. The quantitative estimate of drug-likeness (QED) is 0.577. The van der Waals surface area contributed by atoms with Gasteiger partial charge in [0, 0.05) is 11.6 Å². The van der Waals surface area contributed by atoms with Gasteiger partial charge in [-0.3, -0.25) is 10.1 Å². The van der Waals surface area contributed by atoms with E-state index in [9.17, 15) is 10.1 Å². The number of nitrogens with zero attached hydrogens (tertiary/aromatic N) is 1. The van der Waals surface area contributed by atoms with E-state index in [1.165, 1.54) is 6.07 Å². The number of benzene rings is 1. The highest BCUT2D eigenvalue weighted by atomic mass is 16.6. The Hall–Kier alpha value is -1.46. The summed E-state index contributed by atoms with van der Waals surface area (Å²) >= 11 is 0. The Kier molecular flexibility index (Phi) is 3.76. The molecular weight excluding hydrogens is 198 g/mol. The van der Waals surface area contributed by atoms with Gasteiger partial charge in [0.05, 0.1) is 18.1 Å². The van der Waals surface area contributed by atoms with Crippen molar-refractivity contribution in [1.29, 1.82) is 0 Å². The van der Waals surface area contributed by atoms with E-state index in [1.807, 2.05) is 6.92 Å². The molecule has 1 rings (SSSR count). The molecule has 0 radical (unpaired) electrons. The third-order valence-corrected chi connectivity index (χ3v) is 2.32. The van der Waals surface area contributed by atoms with Crippen LogP contribution in [0, 0.1) is 10.1 Å². The maximum Gasteiger partial charge on any atom is 0.272 e. The zero-order chi connectivity index (χ0) is 11.4. The Morgan fingerprint density at radius 3 is 2.13 bits per heavy atom. The minimum atomic E-state index is -0.473. The first-order chi connectivity index (χ1) is 7.13. The lowest BCUT2D eigenvalue weighted by Gasteiger charge is -2.07. The molecule has 0 aliphatic heterocycles. The van der Waals surface area contributed by atoms with Crippen molar-refractivity contribution in [3.63, 3.8) is 0 Å². The zero-order valence-corrected chi connectivity index (χ0v) is 8.43. The summed E-state index contributed by atoms with van der Waals surface area (Å²) in [5.41, 5.74) is 1.52. The molecule has 0 aromatic heterocycles. The van der Waals surface area contributed by atoms with Gasteiger partial charge in [0.2, 0.25) is 0 Å². The van der Waals surface area contributed by atoms with E-state index in [4.69, 9.17) is 10.2 Å². The van der Waals surface area contributed by atoms with Gasteiger partial charge < -0.3 is 10.2 Å². The second-order valence-corrected chi connectivity index (χ2v) is 3.18. The van der Waals surface area contributed by atoms with Gasteiger partial charge in [0.1, 0.15) is 0 Å². The second kappa shape index (κ2) is 4.86. The van der Waals surface area contributed by atoms with Crippen LogP contribution in [-0.2, 0) is 19.6 Å². The first kappa shape index (κ1) is 11.6. The predicted molar refractivity (Wildman–Crippen MR) is 54.3 cm³/mol. The maximum atomic E-state index is 10.7. The van der Waals surface area contributed by atoms with Crippen LogP contribution in [0.1, 0.15) is 23.6 Å². The minimum absolute atomic E-state index is 0.00116. The number of aliphatic hydroxyl groups excluding tert-OH is 2. The van der Waals surface area contributed by atoms with Crippen molar-refractivity contribution >= 4 is 5.69 Å².